The molecular formula is C18H22N6O3. The van der Waals surface area contributed by atoms with Gasteiger partial charge in [-0.3, -0.25) is 4.79 Å². The number of carbonyl (C=O) groups excluding carboxylic acids is 1. The third-order valence-electron chi connectivity index (χ3n) is 4.76. The zero-order valence-electron chi connectivity index (χ0n) is 15.5. The first-order chi connectivity index (χ1) is 13.0. The van der Waals surface area contributed by atoms with Crippen LogP contribution in [0.15, 0.2) is 23.0 Å². The van der Waals surface area contributed by atoms with E-state index in [2.05, 4.69) is 25.5 Å². The van der Waals surface area contributed by atoms with E-state index in [4.69, 9.17) is 9.26 Å². The van der Waals surface area contributed by atoms with Crippen LogP contribution >= 0.6 is 0 Å². The molecule has 0 aliphatic carbocycles. The van der Waals surface area contributed by atoms with Crippen molar-refractivity contribution in [1.82, 2.24) is 30.1 Å². The molecule has 3 aromatic heterocycles. The van der Waals surface area contributed by atoms with Gasteiger partial charge < -0.3 is 14.6 Å². The third-order valence-corrected chi connectivity index (χ3v) is 4.76. The van der Waals surface area contributed by atoms with Crippen LogP contribution in [0.5, 0.6) is 0 Å². The summed E-state index contributed by atoms with van der Waals surface area (Å²) in [4.78, 5) is 21.3. The molecule has 0 unspecified atom stereocenters. The second-order valence-corrected chi connectivity index (χ2v) is 7.21. The fourth-order valence-corrected chi connectivity index (χ4v) is 3.34. The van der Waals surface area contributed by atoms with E-state index >= 15 is 0 Å². The molecule has 4 heterocycles. The Morgan fingerprint density at radius 2 is 2.22 bits per heavy atom. The second-order valence-electron chi connectivity index (χ2n) is 7.21. The predicted octanol–water partition coefficient (Wildman–Crippen LogP) is 1.53. The summed E-state index contributed by atoms with van der Waals surface area (Å²) < 4.78 is 12.5. The van der Waals surface area contributed by atoms with E-state index in [0.29, 0.717) is 31.1 Å². The average molecular weight is 370 g/mol. The van der Waals surface area contributed by atoms with Crippen LogP contribution < -0.4 is 5.32 Å². The Morgan fingerprint density at radius 1 is 1.37 bits per heavy atom. The van der Waals surface area contributed by atoms with Crippen LogP contribution in [0, 0.1) is 12.8 Å². The van der Waals surface area contributed by atoms with Crippen LogP contribution in [0.25, 0.3) is 5.78 Å². The number of carbonyl (C=O) groups is 1. The lowest BCUT2D eigenvalue weighted by molar-refractivity contribution is 0.0919. The molecule has 1 amide bonds. The van der Waals surface area contributed by atoms with Gasteiger partial charge in [0.15, 0.2) is 0 Å². The molecule has 0 aromatic carbocycles. The number of aromatic nitrogens is 5. The highest BCUT2D eigenvalue weighted by atomic mass is 16.5. The minimum atomic E-state index is -0.239. The van der Waals surface area contributed by atoms with Gasteiger partial charge >= 0.3 is 0 Å². The summed E-state index contributed by atoms with van der Waals surface area (Å²) in [5, 5.41) is 11.1. The Bertz CT molecular complexity index is 963. The van der Waals surface area contributed by atoms with Crippen LogP contribution in [0.4, 0.5) is 0 Å². The molecule has 0 saturated carbocycles. The average Bonchev–Trinajstić information content (AvgIpc) is 3.36. The summed E-state index contributed by atoms with van der Waals surface area (Å²) in [5.74, 6) is 1.29. The van der Waals surface area contributed by atoms with Gasteiger partial charge in [-0.05, 0) is 18.9 Å². The summed E-state index contributed by atoms with van der Waals surface area (Å²) in [6.45, 7) is 7.00. The van der Waals surface area contributed by atoms with E-state index in [1.165, 1.54) is 6.33 Å². The smallest absolute Gasteiger partial charge is 0.270 e. The van der Waals surface area contributed by atoms with Gasteiger partial charge in [0.25, 0.3) is 11.7 Å². The van der Waals surface area contributed by atoms with E-state index < -0.39 is 0 Å². The summed E-state index contributed by atoms with van der Waals surface area (Å²) >= 11 is 0. The predicted molar refractivity (Wildman–Crippen MR) is 95.4 cm³/mol. The van der Waals surface area contributed by atoms with E-state index in [0.717, 1.165) is 17.1 Å². The number of ether oxygens (including phenoxy) is 1. The van der Waals surface area contributed by atoms with Gasteiger partial charge in [-0.1, -0.05) is 19.0 Å². The Kier molecular flexibility index (Phi) is 4.61. The molecule has 0 bridgehead atoms. The maximum absolute atomic E-state index is 12.8. The standard InChI is InChI=1S/C18H22N6O3/c1-10(2)16-6-14(22-18-19-9-20-24(16)18)17(25)21-15-8-26-7-12(15)5-13-4-11(3)23-27-13/h4,6,9-10,12,15H,5,7-8H2,1-3H3,(H,21,25)/t12-,15+/m1/s1. The maximum atomic E-state index is 12.8. The van der Waals surface area contributed by atoms with Crippen molar-refractivity contribution in [3.63, 3.8) is 0 Å². The summed E-state index contributed by atoms with van der Waals surface area (Å²) in [5.41, 5.74) is 2.07. The van der Waals surface area contributed by atoms with Crippen molar-refractivity contribution in [3.8, 4) is 0 Å². The molecule has 1 aliphatic heterocycles. The van der Waals surface area contributed by atoms with Gasteiger partial charge in [-0.2, -0.15) is 10.1 Å². The fraction of sp³-hybridized carbons (Fsp3) is 0.500. The molecule has 1 fully saturated rings. The topological polar surface area (TPSA) is 107 Å². The lowest BCUT2D eigenvalue weighted by Crippen LogP contribution is -2.41. The molecule has 9 heteroatoms. The molecule has 1 N–H and O–H groups in total. The van der Waals surface area contributed by atoms with Crippen molar-refractivity contribution in [2.45, 2.75) is 39.2 Å². The quantitative estimate of drug-likeness (QED) is 0.726. The van der Waals surface area contributed by atoms with Gasteiger partial charge in [-0.15, -0.1) is 0 Å². The molecule has 142 valence electrons. The zero-order valence-corrected chi connectivity index (χ0v) is 15.5. The van der Waals surface area contributed by atoms with E-state index in [1.807, 2.05) is 26.8 Å². The molecule has 27 heavy (non-hydrogen) atoms. The summed E-state index contributed by atoms with van der Waals surface area (Å²) in [6.07, 6.45) is 2.11. The Hall–Kier alpha value is -2.81. The first-order valence-electron chi connectivity index (χ1n) is 9.02. The van der Waals surface area contributed by atoms with Crippen molar-refractivity contribution >= 4 is 11.7 Å². The number of aryl methyl sites for hydroxylation is 1. The molecule has 1 saturated heterocycles. The number of nitrogens with zero attached hydrogens (tertiary/aromatic N) is 5. The molecule has 2 atom stereocenters. The van der Waals surface area contributed by atoms with Crippen LogP contribution in [-0.2, 0) is 11.2 Å². The van der Waals surface area contributed by atoms with Crippen LogP contribution in [0.3, 0.4) is 0 Å². The maximum Gasteiger partial charge on any atom is 0.270 e. The highest BCUT2D eigenvalue weighted by Gasteiger charge is 2.31. The van der Waals surface area contributed by atoms with Crippen molar-refractivity contribution < 1.29 is 14.1 Å². The second kappa shape index (κ2) is 7.07. The summed E-state index contributed by atoms with van der Waals surface area (Å²) in [6, 6.07) is 3.57. The molecule has 1 aliphatic rings. The molecule has 4 rings (SSSR count). The van der Waals surface area contributed by atoms with Crippen molar-refractivity contribution in [1.29, 1.82) is 0 Å². The lowest BCUT2D eigenvalue weighted by atomic mass is 9.98. The molecule has 3 aromatic rings. The first-order valence-corrected chi connectivity index (χ1v) is 9.02. The number of hydrogen-bond acceptors (Lipinski definition) is 7. The Labute approximate surface area is 156 Å². The Balaban J connectivity index is 1.52. The lowest BCUT2D eigenvalue weighted by Gasteiger charge is -2.18. The number of amides is 1. The highest BCUT2D eigenvalue weighted by molar-refractivity contribution is 5.93. The molecule has 0 spiro atoms. The molecule has 9 nitrogen and oxygen atoms in total. The largest absolute Gasteiger partial charge is 0.379 e. The van der Waals surface area contributed by atoms with Crippen LogP contribution in [0.1, 0.15) is 47.4 Å². The van der Waals surface area contributed by atoms with Crippen LogP contribution in [-0.4, -0.2) is 49.9 Å². The van der Waals surface area contributed by atoms with Gasteiger partial charge in [0.1, 0.15) is 17.8 Å². The molecular weight excluding hydrogens is 348 g/mol. The number of fused-ring (bicyclic) bond motifs is 1. The van der Waals surface area contributed by atoms with Gasteiger partial charge in [0.2, 0.25) is 0 Å². The normalized spacial score (nSPS) is 19.9. The first kappa shape index (κ1) is 17.6. The summed E-state index contributed by atoms with van der Waals surface area (Å²) in [7, 11) is 0. The fourth-order valence-electron chi connectivity index (χ4n) is 3.34. The minimum absolute atomic E-state index is 0.110. The van der Waals surface area contributed by atoms with Gasteiger partial charge in [0.05, 0.1) is 30.6 Å². The van der Waals surface area contributed by atoms with Crippen LogP contribution in [0.2, 0.25) is 0 Å². The van der Waals surface area contributed by atoms with Gasteiger partial charge in [0, 0.05) is 18.4 Å². The Morgan fingerprint density at radius 3 is 2.96 bits per heavy atom. The number of nitrogens with one attached hydrogen (secondary N) is 1. The molecule has 0 radical (unpaired) electrons. The zero-order chi connectivity index (χ0) is 19.0. The third kappa shape index (κ3) is 3.55. The van der Waals surface area contributed by atoms with E-state index in [1.54, 1.807) is 10.6 Å². The van der Waals surface area contributed by atoms with E-state index in [9.17, 15) is 4.79 Å². The van der Waals surface area contributed by atoms with Crippen molar-refractivity contribution in [3.05, 3.63) is 41.3 Å². The minimum Gasteiger partial charge on any atom is -0.379 e. The van der Waals surface area contributed by atoms with Gasteiger partial charge in [-0.25, -0.2) is 9.50 Å². The SMILES string of the molecule is Cc1cc(C[C@@H]2COC[C@@H]2NC(=O)c2cc(C(C)C)n3ncnc3n2)on1. The highest BCUT2D eigenvalue weighted by Crippen LogP contribution is 2.21. The number of hydrogen-bond donors (Lipinski definition) is 1. The monoisotopic (exact) mass is 370 g/mol. The van der Waals surface area contributed by atoms with E-state index in [-0.39, 0.29) is 23.8 Å². The number of rotatable bonds is 5. The van der Waals surface area contributed by atoms with Crippen molar-refractivity contribution in [2.75, 3.05) is 13.2 Å². The van der Waals surface area contributed by atoms with Crippen molar-refractivity contribution in [2.24, 2.45) is 5.92 Å².